The summed E-state index contributed by atoms with van der Waals surface area (Å²) in [5, 5.41) is 3.71. The second-order valence-corrected chi connectivity index (χ2v) is 6.48. The predicted molar refractivity (Wildman–Crippen MR) is 85.1 cm³/mol. The third-order valence-corrected chi connectivity index (χ3v) is 4.86. The van der Waals surface area contributed by atoms with E-state index in [-0.39, 0.29) is 0 Å². The van der Waals surface area contributed by atoms with E-state index in [1.54, 1.807) is 0 Å². The lowest BCUT2D eigenvalue weighted by Gasteiger charge is -2.29. The van der Waals surface area contributed by atoms with E-state index in [4.69, 9.17) is 5.73 Å². The van der Waals surface area contributed by atoms with Crippen LogP contribution < -0.4 is 16.0 Å². The van der Waals surface area contributed by atoms with Crippen LogP contribution in [0.15, 0.2) is 18.2 Å². The summed E-state index contributed by atoms with van der Waals surface area (Å²) in [5.41, 5.74) is 10.3. The molecule has 20 heavy (non-hydrogen) atoms. The first-order valence-corrected chi connectivity index (χ1v) is 8.04. The SMILES string of the molecule is CN1CCCc2cc(CNC3CCC(N)CC3)ccc21. The average Bonchev–Trinajstić information content (AvgIpc) is 2.47. The monoisotopic (exact) mass is 273 g/mol. The minimum absolute atomic E-state index is 0.437. The quantitative estimate of drug-likeness (QED) is 0.889. The maximum atomic E-state index is 5.96. The first-order chi connectivity index (χ1) is 9.72. The van der Waals surface area contributed by atoms with Crippen LogP contribution in [0.25, 0.3) is 0 Å². The molecule has 1 aromatic rings. The van der Waals surface area contributed by atoms with Crippen LogP contribution in [0.2, 0.25) is 0 Å². The standard InChI is InChI=1S/C17H27N3/c1-20-10-2-3-14-11-13(4-9-17(14)20)12-19-16-7-5-15(18)6-8-16/h4,9,11,15-16,19H,2-3,5-8,10,12,18H2,1H3. The summed E-state index contributed by atoms with van der Waals surface area (Å²) in [6.07, 6.45) is 7.32. The van der Waals surface area contributed by atoms with Gasteiger partial charge in [-0.15, -0.1) is 0 Å². The molecule has 0 saturated heterocycles. The number of rotatable bonds is 3. The third kappa shape index (κ3) is 3.15. The predicted octanol–water partition coefficient (Wildman–Crippen LogP) is 2.43. The van der Waals surface area contributed by atoms with Gasteiger partial charge in [-0.1, -0.05) is 12.1 Å². The summed E-state index contributed by atoms with van der Waals surface area (Å²) in [6, 6.07) is 8.07. The number of hydrogen-bond donors (Lipinski definition) is 2. The Balaban J connectivity index is 1.58. The Labute approximate surface area is 122 Å². The Bertz CT molecular complexity index is 450. The number of nitrogens with two attached hydrogens (primary N) is 1. The summed E-state index contributed by atoms with van der Waals surface area (Å²) < 4.78 is 0. The van der Waals surface area contributed by atoms with Crippen molar-refractivity contribution in [3.63, 3.8) is 0 Å². The molecule has 3 nitrogen and oxygen atoms in total. The lowest BCUT2D eigenvalue weighted by atomic mass is 9.91. The molecule has 110 valence electrons. The first-order valence-electron chi connectivity index (χ1n) is 8.04. The highest BCUT2D eigenvalue weighted by atomic mass is 15.1. The van der Waals surface area contributed by atoms with E-state index in [2.05, 4.69) is 35.5 Å². The maximum absolute atomic E-state index is 5.96. The minimum Gasteiger partial charge on any atom is -0.374 e. The van der Waals surface area contributed by atoms with E-state index < -0.39 is 0 Å². The number of nitrogens with one attached hydrogen (secondary N) is 1. The van der Waals surface area contributed by atoms with Gasteiger partial charge in [0.15, 0.2) is 0 Å². The molecule has 1 aliphatic heterocycles. The summed E-state index contributed by atoms with van der Waals surface area (Å²) in [4.78, 5) is 2.37. The third-order valence-electron chi connectivity index (χ3n) is 4.86. The highest BCUT2D eigenvalue weighted by Gasteiger charge is 2.18. The van der Waals surface area contributed by atoms with Crippen molar-refractivity contribution in [3.05, 3.63) is 29.3 Å². The molecule has 0 spiro atoms. The molecule has 0 radical (unpaired) electrons. The molecule has 3 rings (SSSR count). The number of fused-ring (bicyclic) bond motifs is 1. The Hall–Kier alpha value is -1.06. The Morgan fingerprint density at radius 2 is 2.05 bits per heavy atom. The summed E-state index contributed by atoms with van der Waals surface area (Å²) >= 11 is 0. The Morgan fingerprint density at radius 3 is 2.85 bits per heavy atom. The molecular formula is C17H27N3. The second-order valence-electron chi connectivity index (χ2n) is 6.48. The Morgan fingerprint density at radius 1 is 1.25 bits per heavy atom. The zero-order valence-electron chi connectivity index (χ0n) is 12.6. The van der Waals surface area contributed by atoms with Crippen LogP contribution >= 0.6 is 0 Å². The highest BCUT2D eigenvalue weighted by molar-refractivity contribution is 5.56. The molecule has 3 heteroatoms. The molecule has 0 atom stereocenters. The zero-order valence-corrected chi connectivity index (χ0v) is 12.6. The van der Waals surface area contributed by atoms with Crippen molar-refractivity contribution in [1.29, 1.82) is 0 Å². The van der Waals surface area contributed by atoms with Gasteiger partial charge in [0.2, 0.25) is 0 Å². The normalized spacial score (nSPS) is 26.4. The fourth-order valence-corrected chi connectivity index (χ4v) is 3.53. The van der Waals surface area contributed by atoms with E-state index >= 15 is 0 Å². The lowest BCUT2D eigenvalue weighted by Crippen LogP contribution is -2.37. The number of aryl methyl sites for hydroxylation is 1. The van der Waals surface area contributed by atoms with Gasteiger partial charge >= 0.3 is 0 Å². The van der Waals surface area contributed by atoms with E-state index in [1.807, 2.05) is 0 Å². The number of nitrogens with zero attached hydrogens (tertiary/aromatic N) is 1. The van der Waals surface area contributed by atoms with E-state index in [9.17, 15) is 0 Å². The molecular weight excluding hydrogens is 246 g/mol. The summed E-state index contributed by atoms with van der Waals surface area (Å²) in [7, 11) is 2.20. The smallest absolute Gasteiger partial charge is 0.0396 e. The first kappa shape index (κ1) is 13.9. The van der Waals surface area contributed by atoms with Crippen LogP contribution in [0, 0.1) is 0 Å². The summed E-state index contributed by atoms with van der Waals surface area (Å²) in [5.74, 6) is 0. The topological polar surface area (TPSA) is 41.3 Å². The molecule has 1 heterocycles. The van der Waals surface area contributed by atoms with E-state index in [1.165, 1.54) is 61.9 Å². The molecule has 0 amide bonds. The second kappa shape index (κ2) is 6.15. The van der Waals surface area contributed by atoms with E-state index in [0.717, 1.165) is 6.54 Å². The molecule has 1 saturated carbocycles. The average molecular weight is 273 g/mol. The lowest BCUT2D eigenvalue weighted by molar-refractivity contribution is 0.342. The van der Waals surface area contributed by atoms with Gasteiger partial charge in [0.05, 0.1) is 0 Å². The van der Waals surface area contributed by atoms with Crippen LogP contribution in [0.3, 0.4) is 0 Å². The molecule has 3 N–H and O–H groups in total. The maximum Gasteiger partial charge on any atom is 0.0396 e. The van der Waals surface area contributed by atoms with Crippen molar-refractivity contribution in [2.75, 3.05) is 18.5 Å². The number of benzene rings is 1. The fraction of sp³-hybridized carbons (Fsp3) is 0.647. The van der Waals surface area contributed by atoms with Gasteiger partial charge in [0.1, 0.15) is 0 Å². The van der Waals surface area contributed by atoms with Crippen molar-refractivity contribution in [2.24, 2.45) is 5.73 Å². The van der Waals surface area contributed by atoms with Crippen LogP contribution in [0.5, 0.6) is 0 Å². The fourth-order valence-electron chi connectivity index (χ4n) is 3.53. The van der Waals surface area contributed by atoms with Crippen molar-refractivity contribution in [3.8, 4) is 0 Å². The molecule has 1 aliphatic carbocycles. The largest absolute Gasteiger partial charge is 0.374 e. The van der Waals surface area contributed by atoms with Crippen LogP contribution in [0.1, 0.15) is 43.2 Å². The van der Waals surface area contributed by atoms with Gasteiger partial charge in [-0.25, -0.2) is 0 Å². The van der Waals surface area contributed by atoms with Crippen molar-refractivity contribution in [2.45, 2.75) is 57.2 Å². The van der Waals surface area contributed by atoms with Gasteiger partial charge in [0, 0.05) is 37.9 Å². The minimum atomic E-state index is 0.437. The van der Waals surface area contributed by atoms with Gasteiger partial charge in [-0.05, 0) is 55.7 Å². The Kier molecular flexibility index (Phi) is 4.27. The summed E-state index contributed by atoms with van der Waals surface area (Å²) in [6.45, 7) is 2.18. The van der Waals surface area contributed by atoms with Crippen molar-refractivity contribution < 1.29 is 0 Å². The molecule has 1 aromatic carbocycles. The van der Waals surface area contributed by atoms with Crippen LogP contribution in [-0.2, 0) is 13.0 Å². The van der Waals surface area contributed by atoms with E-state index in [0.29, 0.717) is 12.1 Å². The number of hydrogen-bond acceptors (Lipinski definition) is 3. The van der Waals surface area contributed by atoms with Gasteiger partial charge < -0.3 is 16.0 Å². The molecule has 1 fully saturated rings. The van der Waals surface area contributed by atoms with Crippen LogP contribution in [-0.4, -0.2) is 25.7 Å². The molecule has 2 aliphatic rings. The molecule has 0 unspecified atom stereocenters. The zero-order chi connectivity index (χ0) is 13.9. The number of anilines is 1. The van der Waals surface area contributed by atoms with Crippen molar-refractivity contribution >= 4 is 5.69 Å². The molecule has 0 aromatic heterocycles. The van der Waals surface area contributed by atoms with Gasteiger partial charge in [0.25, 0.3) is 0 Å². The van der Waals surface area contributed by atoms with Crippen LogP contribution in [0.4, 0.5) is 5.69 Å². The van der Waals surface area contributed by atoms with Gasteiger partial charge in [-0.3, -0.25) is 0 Å². The highest BCUT2D eigenvalue weighted by Crippen LogP contribution is 2.27. The van der Waals surface area contributed by atoms with Crippen molar-refractivity contribution in [1.82, 2.24) is 5.32 Å². The van der Waals surface area contributed by atoms with Gasteiger partial charge in [-0.2, -0.15) is 0 Å². The molecule has 0 bridgehead atoms.